The number of aromatic nitrogens is 2. The number of ether oxygens (including phenoxy) is 1. The maximum Gasteiger partial charge on any atom is 0.404 e. The summed E-state index contributed by atoms with van der Waals surface area (Å²) in [6.45, 7) is 1.28. The molecule has 92 valence electrons. The molecular weight excluding hydrogens is 234 g/mol. The van der Waals surface area contributed by atoms with Crippen molar-refractivity contribution in [3.05, 3.63) is 21.9 Å². The Balaban J connectivity index is 3.26. The third-order valence-electron chi connectivity index (χ3n) is 2.04. The molecule has 1 rings (SSSR count). The standard InChI is InChI=1S/C8H9N3O6/c1-4(7(12)13)10-3-5(8(14)17-2)6(9-10)11(15)16/h3-4H,1-2H3,(H,12,13)/t4-/m0/s1. The number of rotatable bonds is 4. The van der Waals surface area contributed by atoms with Gasteiger partial charge in [-0.15, -0.1) is 0 Å². The van der Waals surface area contributed by atoms with Crippen molar-refractivity contribution in [2.24, 2.45) is 0 Å². The molecule has 0 unspecified atom stereocenters. The van der Waals surface area contributed by atoms with Crippen molar-refractivity contribution in [2.75, 3.05) is 7.11 Å². The number of hydrogen-bond donors (Lipinski definition) is 1. The summed E-state index contributed by atoms with van der Waals surface area (Å²) in [7, 11) is 1.06. The topological polar surface area (TPSA) is 125 Å². The Bertz CT molecular complexity index is 480. The van der Waals surface area contributed by atoms with Crippen LogP contribution in [0.4, 0.5) is 5.82 Å². The van der Waals surface area contributed by atoms with Crippen LogP contribution in [0.1, 0.15) is 23.3 Å². The van der Waals surface area contributed by atoms with Crippen LogP contribution in [0.5, 0.6) is 0 Å². The summed E-state index contributed by atoms with van der Waals surface area (Å²) in [6, 6.07) is -1.12. The third kappa shape index (κ3) is 2.38. The first-order valence-electron chi connectivity index (χ1n) is 4.43. The number of hydrogen-bond acceptors (Lipinski definition) is 6. The Kier molecular flexibility index (Phi) is 3.41. The van der Waals surface area contributed by atoms with Gasteiger partial charge in [-0.3, -0.25) is 0 Å². The lowest BCUT2D eigenvalue weighted by Gasteiger charge is -2.00. The SMILES string of the molecule is COC(=O)c1cn([C@@H](C)C(=O)O)nc1[N+](=O)[O-]. The van der Waals surface area contributed by atoms with Gasteiger partial charge in [-0.05, 0) is 11.8 Å². The fraction of sp³-hybridized carbons (Fsp3) is 0.375. The molecule has 0 fully saturated rings. The Morgan fingerprint density at radius 3 is 2.65 bits per heavy atom. The molecule has 17 heavy (non-hydrogen) atoms. The molecule has 0 spiro atoms. The Labute approximate surface area is 94.7 Å². The Morgan fingerprint density at radius 1 is 1.65 bits per heavy atom. The van der Waals surface area contributed by atoms with E-state index in [2.05, 4.69) is 9.84 Å². The summed E-state index contributed by atoms with van der Waals surface area (Å²) in [5.74, 6) is -2.90. The highest BCUT2D eigenvalue weighted by molar-refractivity contribution is 5.92. The zero-order valence-electron chi connectivity index (χ0n) is 8.98. The molecule has 0 saturated heterocycles. The number of esters is 1. The predicted molar refractivity (Wildman–Crippen MR) is 52.6 cm³/mol. The molecule has 1 N–H and O–H groups in total. The normalized spacial score (nSPS) is 11.9. The average Bonchev–Trinajstić information content (AvgIpc) is 2.71. The van der Waals surface area contributed by atoms with Crippen LogP contribution < -0.4 is 0 Å². The lowest BCUT2D eigenvalue weighted by Crippen LogP contribution is -2.16. The molecule has 0 bridgehead atoms. The van der Waals surface area contributed by atoms with Gasteiger partial charge in [0.2, 0.25) is 0 Å². The molecule has 9 nitrogen and oxygen atoms in total. The van der Waals surface area contributed by atoms with E-state index < -0.39 is 28.7 Å². The van der Waals surface area contributed by atoms with E-state index in [0.29, 0.717) is 0 Å². The number of carboxylic acid groups (broad SMARTS) is 1. The van der Waals surface area contributed by atoms with Gasteiger partial charge in [0, 0.05) is 0 Å². The molecule has 0 aliphatic carbocycles. The molecule has 1 atom stereocenters. The summed E-state index contributed by atoms with van der Waals surface area (Å²) >= 11 is 0. The summed E-state index contributed by atoms with van der Waals surface area (Å²) < 4.78 is 5.16. The summed E-state index contributed by atoms with van der Waals surface area (Å²) in [4.78, 5) is 31.6. The molecule has 1 aromatic heterocycles. The Morgan fingerprint density at radius 2 is 2.24 bits per heavy atom. The molecule has 0 aliphatic heterocycles. The highest BCUT2D eigenvalue weighted by Gasteiger charge is 2.30. The minimum absolute atomic E-state index is 0.384. The van der Waals surface area contributed by atoms with E-state index >= 15 is 0 Å². The van der Waals surface area contributed by atoms with Gasteiger partial charge in [0.25, 0.3) is 0 Å². The number of nitro groups is 1. The van der Waals surface area contributed by atoms with Crippen molar-refractivity contribution in [3.63, 3.8) is 0 Å². The number of nitrogens with zero attached hydrogens (tertiary/aromatic N) is 3. The summed E-state index contributed by atoms with van der Waals surface area (Å²) in [5, 5.41) is 22.8. The molecule has 0 amide bonds. The van der Waals surface area contributed by atoms with Crippen molar-refractivity contribution in [1.29, 1.82) is 0 Å². The first-order chi connectivity index (χ1) is 7.88. The van der Waals surface area contributed by atoms with Crippen LogP contribution in [0, 0.1) is 10.1 Å². The van der Waals surface area contributed by atoms with Crippen LogP contribution in [0.15, 0.2) is 6.20 Å². The fourth-order valence-electron chi connectivity index (χ4n) is 1.08. The van der Waals surface area contributed by atoms with E-state index in [1.807, 2.05) is 0 Å². The lowest BCUT2D eigenvalue weighted by atomic mass is 10.3. The van der Waals surface area contributed by atoms with Gasteiger partial charge in [0.15, 0.2) is 11.6 Å². The lowest BCUT2D eigenvalue weighted by molar-refractivity contribution is -0.390. The first kappa shape index (κ1) is 12.6. The second kappa shape index (κ2) is 4.60. The van der Waals surface area contributed by atoms with E-state index in [-0.39, 0.29) is 5.56 Å². The first-order valence-corrected chi connectivity index (χ1v) is 4.43. The van der Waals surface area contributed by atoms with Crippen molar-refractivity contribution < 1.29 is 24.4 Å². The van der Waals surface area contributed by atoms with Gasteiger partial charge >= 0.3 is 17.8 Å². The van der Waals surface area contributed by atoms with Crippen LogP contribution in [-0.4, -0.2) is 38.9 Å². The van der Waals surface area contributed by atoms with Crippen LogP contribution >= 0.6 is 0 Å². The maximum absolute atomic E-state index is 11.2. The number of methoxy groups -OCH3 is 1. The minimum Gasteiger partial charge on any atom is -0.480 e. The molecule has 0 aromatic carbocycles. The number of carbonyl (C=O) groups is 2. The van der Waals surface area contributed by atoms with Crippen LogP contribution in [-0.2, 0) is 9.53 Å². The molecule has 0 radical (unpaired) electrons. The van der Waals surface area contributed by atoms with Crippen LogP contribution in [0.25, 0.3) is 0 Å². The average molecular weight is 243 g/mol. The minimum atomic E-state index is -1.22. The maximum atomic E-state index is 11.2. The monoisotopic (exact) mass is 243 g/mol. The van der Waals surface area contributed by atoms with Gasteiger partial charge in [0.05, 0.1) is 18.4 Å². The quantitative estimate of drug-likeness (QED) is 0.455. The largest absolute Gasteiger partial charge is 0.480 e. The number of aliphatic carboxylic acids is 1. The second-order valence-corrected chi connectivity index (χ2v) is 3.11. The van der Waals surface area contributed by atoms with Gasteiger partial charge in [-0.2, -0.15) is 4.68 Å². The van der Waals surface area contributed by atoms with Crippen molar-refractivity contribution >= 4 is 17.8 Å². The molecule has 9 heteroatoms. The van der Waals surface area contributed by atoms with Gasteiger partial charge in [0.1, 0.15) is 0 Å². The van der Waals surface area contributed by atoms with Gasteiger partial charge in [-0.25, -0.2) is 9.59 Å². The summed E-state index contributed by atoms with van der Waals surface area (Å²) in [6.07, 6.45) is 0.975. The number of carboxylic acids is 1. The Hall–Kier alpha value is -2.45. The third-order valence-corrected chi connectivity index (χ3v) is 2.04. The van der Waals surface area contributed by atoms with Gasteiger partial charge < -0.3 is 20.0 Å². The smallest absolute Gasteiger partial charge is 0.404 e. The molecule has 0 saturated carbocycles. The van der Waals surface area contributed by atoms with Crippen molar-refractivity contribution in [3.8, 4) is 0 Å². The van der Waals surface area contributed by atoms with E-state index in [4.69, 9.17) is 5.11 Å². The molecule has 1 aromatic rings. The predicted octanol–water partition coefficient (Wildman–Crippen LogP) is 0.223. The van der Waals surface area contributed by atoms with E-state index in [1.54, 1.807) is 0 Å². The zero-order valence-corrected chi connectivity index (χ0v) is 8.98. The molecule has 1 heterocycles. The summed E-state index contributed by atoms with van der Waals surface area (Å²) in [5.41, 5.74) is -0.384. The van der Waals surface area contributed by atoms with Crippen LogP contribution in [0.3, 0.4) is 0 Å². The highest BCUT2D eigenvalue weighted by atomic mass is 16.6. The van der Waals surface area contributed by atoms with E-state index in [9.17, 15) is 19.7 Å². The van der Waals surface area contributed by atoms with E-state index in [1.165, 1.54) is 6.92 Å². The van der Waals surface area contributed by atoms with Crippen molar-refractivity contribution in [2.45, 2.75) is 13.0 Å². The number of carbonyl (C=O) groups excluding carboxylic acids is 1. The van der Waals surface area contributed by atoms with Crippen molar-refractivity contribution in [1.82, 2.24) is 9.78 Å². The fourth-order valence-corrected chi connectivity index (χ4v) is 1.08. The second-order valence-electron chi connectivity index (χ2n) is 3.11. The van der Waals surface area contributed by atoms with E-state index in [0.717, 1.165) is 18.0 Å². The van der Waals surface area contributed by atoms with Gasteiger partial charge in [-0.1, -0.05) is 0 Å². The van der Waals surface area contributed by atoms with Crippen LogP contribution in [0.2, 0.25) is 0 Å². The highest BCUT2D eigenvalue weighted by Crippen LogP contribution is 2.19. The molecule has 0 aliphatic rings. The molecular formula is C8H9N3O6. The zero-order chi connectivity index (χ0) is 13.2.